The van der Waals surface area contributed by atoms with Crippen molar-refractivity contribution >= 4 is 15.8 Å². The number of sulfone groups is 1. The zero-order chi connectivity index (χ0) is 17.8. The predicted molar refractivity (Wildman–Crippen MR) is 97.9 cm³/mol. The molecule has 0 bridgehead atoms. The molecule has 1 saturated heterocycles. The van der Waals surface area contributed by atoms with E-state index in [-0.39, 0.29) is 29.2 Å². The summed E-state index contributed by atoms with van der Waals surface area (Å²) in [6.45, 7) is 7.41. The molecular weight excluding hydrogens is 326 g/mol. The van der Waals surface area contributed by atoms with Gasteiger partial charge in [-0.05, 0) is 39.0 Å². The Kier molecular flexibility index (Phi) is 6.53. The van der Waals surface area contributed by atoms with Gasteiger partial charge in [0.2, 0.25) is 0 Å². The van der Waals surface area contributed by atoms with Crippen LogP contribution in [0.3, 0.4) is 0 Å². The SMILES string of the molecule is CC(C)NC(=NCC1(C)CCCCC1O)NCC1CCS(=O)(=O)C1. The molecule has 2 fully saturated rings. The molecule has 1 heterocycles. The van der Waals surface area contributed by atoms with Gasteiger partial charge in [0.1, 0.15) is 0 Å². The van der Waals surface area contributed by atoms with E-state index in [0.29, 0.717) is 24.8 Å². The first-order valence-electron chi connectivity index (χ1n) is 9.13. The van der Waals surface area contributed by atoms with Gasteiger partial charge in [-0.3, -0.25) is 4.99 Å². The summed E-state index contributed by atoms with van der Waals surface area (Å²) in [6, 6.07) is 0.243. The normalized spacial score (nSPS) is 33.6. The Balaban J connectivity index is 1.94. The highest BCUT2D eigenvalue weighted by Gasteiger charge is 2.35. The highest BCUT2D eigenvalue weighted by molar-refractivity contribution is 7.91. The molecule has 0 amide bonds. The molecule has 0 aromatic rings. The van der Waals surface area contributed by atoms with E-state index in [0.717, 1.165) is 32.1 Å². The van der Waals surface area contributed by atoms with Gasteiger partial charge in [-0.1, -0.05) is 19.8 Å². The number of aliphatic imine (C=N–C) groups is 1. The Labute approximate surface area is 146 Å². The third kappa shape index (κ3) is 5.62. The van der Waals surface area contributed by atoms with E-state index in [1.807, 2.05) is 13.8 Å². The molecule has 24 heavy (non-hydrogen) atoms. The third-order valence-electron chi connectivity index (χ3n) is 5.19. The van der Waals surface area contributed by atoms with Crippen LogP contribution in [-0.2, 0) is 9.84 Å². The van der Waals surface area contributed by atoms with Crippen molar-refractivity contribution in [2.75, 3.05) is 24.6 Å². The van der Waals surface area contributed by atoms with E-state index in [9.17, 15) is 13.5 Å². The average molecular weight is 360 g/mol. The van der Waals surface area contributed by atoms with Crippen molar-refractivity contribution in [3.8, 4) is 0 Å². The highest BCUT2D eigenvalue weighted by atomic mass is 32.2. The van der Waals surface area contributed by atoms with Crippen LogP contribution in [-0.4, -0.2) is 56.2 Å². The lowest BCUT2D eigenvalue weighted by Crippen LogP contribution is -2.45. The van der Waals surface area contributed by atoms with Crippen LogP contribution < -0.4 is 10.6 Å². The smallest absolute Gasteiger partial charge is 0.191 e. The molecule has 0 radical (unpaired) electrons. The number of guanidine groups is 1. The first kappa shape index (κ1) is 19.5. The van der Waals surface area contributed by atoms with Crippen LogP contribution >= 0.6 is 0 Å². The van der Waals surface area contributed by atoms with Gasteiger partial charge in [0.25, 0.3) is 0 Å². The van der Waals surface area contributed by atoms with Crippen molar-refractivity contribution in [1.82, 2.24) is 10.6 Å². The average Bonchev–Trinajstić information content (AvgIpc) is 2.84. The molecule has 0 aromatic carbocycles. The summed E-state index contributed by atoms with van der Waals surface area (Å²) < 4.78 is 23.1. The maximum absolute atomic E-state index is 11.6. The molecule has 1 saturated carbocycles. The molecule has 6 nitrogen and oxygen atoms in total. The summed E-state index contributed by atoms with van der Waals surface area (Å²) in [6.07, 6.45) is 4.51. The molecule has 0 aromatic heterocycles. The minimum Gasteiger partial charge on any atom is -0.392 e. The molecule has 2 aliphatic rings. The number of hydrogen-bond acceptors (Lipinski definition) is 4. The van der Waals surface area contributed by atoms with Gasteiger partial charge >= 0.3 is 0 Å². The molecule has 140 valence electrons. The molecule has 1 aliphatic carbocycles. The monoisotopic (exact) mass is 359 g/mol. The van der Waals surface area contributed by atoms with Crippen molar-refractivity contribution in [3.05, 3.63) is 0 Å². The Morgan fingerprint density at radius 2 is 2.08 bits per heavy atom. The molecule has 2 rings (SSSR count). The second-order valence-corrected chi connectivity index (χ2v) is 10.3. The highest BCUT2D eigenvalue weighted by Crippen LogP contribution is 2.36. The fourth-order valence-electron chi connectivity index (χ4n) is 3.53. The van der Waals surface area contributed by atoms with Crippen LogP contribution in [0.2, 0.25) is 0 Å². The lowest BCUT2D eigenvalue weighted by molar-refractivity contribution is 0.00715. The zero-order valence-corrected chi connectivity index (χ0v) is 16.0. The lowest BCUT2D eigenvalue weighted by atomic mass is 9.73. The van der Waals surface area contributed by atoms with E-state index in [4.69, 9.17) is 4.99 Å². The zero-order valence-electron chi connectivity index (χ0n) is 15.2. The molecular formula is C17H33N3O3S. The van der Waals surface area contributed by atoms with Gasteiger partial charge in [-0.15, -0.1) is 0 Å². The van der Waals surface area contributed by atoms with Crippen LogP contribution in [0.5, 0.6) is 0 Å². The van der Waals surface area contributed by atoms with E-state index < -0.39 is 9.84 Å². The molecule has 1 aliphatic heterocycles. The predicted octanol–water partition coefficient (Wildman–Crippen LogP) is 1.31. The van der Waals surface area contributed by atoms with Gasteiger partial charge in [0, 0.05) is 18.0 Å². The van der Waals surface area contributed by atoms with Crippen LogP contribution in [0.15, 0.2) is 4.99 Å². The second-order valence-electron chi connectivity index (χ2n) is 8.03. The first-order chi connectivity index (χ1) is 11.2. The van der Waals surface area contributed by atoms with Crippen molar-refractivity contribution in [2.24, 2.45) is 16.3 Å². The summed E-state index contributed by atoms with van der Waals surface area (Å²) in [7, 11) is -2.85. The molecule has 0 spiro atoms. The number of nitrogens with zero attached hydrogens (tertiary/aromatic N) is 1. The number of rotatable bonds is 5. The van der Waals surface area contributed by atoms with E-state index in [1.54, 1.807) is 0 Å². The Morgan fingerprint density at radius 1 is 1.33 bits per heavy atom. The van der Waals surface area contributed by atoms with Crippen LogP contribution in [0, 0.1) is 11.3 Å². The van der Waals surface area contributed by atoms with Gasteiger partial charge in [0.15, 0.2) is 15.8 Å². The maximum Gasteiger partial charge on any atom is 0.191 e. The topological polar surface area (TPSA) is 90.8 Å². The summed E-state index contributed by atoms with van der Waals surface area (Å²) in [5.41, 5.74) is -0.166. The minimum atomic E-state index is -2.85. The Hall–Kier alpha value is -0.820. The summed E-state index contributed by atoms with van der Waals surface area (Å²) in [5.74, 6) is 1.44. The first-order valence-corrected chi connectivity index (χ1v) is 11.0. The fourth-order valence-corrected chi connectivity index (χ4v) is 5.39. The molecule has 3 unspecified atom stereocenters. The number of aliphatic hydroxyl groups is 1. The van der Waals surface area contributed by atoms with E-state index >= 15 is 0 Å². The van der Waals surface area contributed by atoms with E-state index in [2.05, 4.69) is 17.6 Å². The van der Waals surface area contributed by atoms with Gasteiger partial charge in [0.05, 0.1) is 24.2 Å². The third-order valence-corrected chi connectivity index (χ3v) is 7.03. The number of hydrogen-bond donors (Lipinski definition) is 3. The minimum absolute atomic E-state index is 0.157. The molecule has 7 heteroatoms. The Morgan fingerprint density at radius 3 is 2.67 bits per heavy atom. The fraction of sp³-hybridized carbons (Fsp3) is 0.941. The lowest BCUT2D eigenvalue weighted by Gasteiger charge is -2.37. The van der Waals surface area contributed by atoms with Gasteiger partial charge in [-0.2, -0.15) is 0 Å². The summed E-state index contributed by atoms with van der Waals surface area (Å²) in [4.78, 5) is 4.69. The number of nitrogens with one attached hydrogen (secondary N) is 2. The standard InChI is InChI=1S/C17H33N3O3S/c1-13(2)20-16(18-10-14-7-9-24(22,23)11-14)19-12-17(3)8-5-4-6-15(17)21/h13-15,21H,4-12H2,1-3H3,(H2,18,19,20). The van der Waals surface area contributed by atoms with Crippen molar-refractivity contribution in [1.29, 1.82) is 0 Å². The number of aliphatic hydroxyl groups excluding tert-OH is 1. The van der Waals surface area contributed by atoms with Gasteiger partial charge < -0.3 is 15.7 Å². The van der Waals surface area contributed by atoms with Gasteiger partial charge in [-0.25, -0.2) is 8.42 Å². The maximum atomic E-state index is 11.6. The molecule has 3 atom stereocenters. The van der Waals surface area contributed by atoms with Crippen molar-refractivity contribution in [3.63, 3.8) is 0 Å². The largest absolute Gasteiger partial charge is 0.392 e. The quantitative estimate of drug-likeness (QED) is 0.508. The van der Waals surface area contributed by atoms with Crippen LogP contribution in [0.25, 0.3) is 0 Å². The summed E-state index contributed by atoms with van der Waals surface area (Å²) in [5, 5.41) is 16.9. The summed E-state index contributed by atoms with van der Waals surface area (Å²) >= 11 is 0. The molecule has 3 N–H and O–H groups in total. The van der Waals surface area contributed by atoms with Crippen molar-refractivity contribution < 1.29 is 13.5 Å². The Bertz CT molecular complexity index is 547. The van der Waals surface area contributed by atoms with Crippen LogP contribution in [0.1, 0.15) is 52.9 Å². The van der Waals surface area contributed by atoms with E-state index in [1.165, 1.54) is 0 Å². The van der Waals surface area contributed by atoms with Crippen LogP contribution in [0.4, 0.5) is 0 Å². The van der Waals surface area contributed by atoms with Crippen molar-refractivity contribution in [2.45, 2.75) is 65.0 Å². The second kappa shape index (κ2) is 8.04.